The van der Waals surface area contributed by atoms with E-state index in [1.54, 1.807) is 0 Å². The number of aromatic nitrogens is 1. The highest BCUT2D eigenvalue weighted by Crippen LogP contribution is 2.15. The molecule has 17 heavy (non-hydrogen) atoms. The zero-order valence-electron chi connectivity index (χ0n) is 9.62. The number of nitro groups is 1. The maximum Gasteiger partial charge on any atom is 0.287 e. The van der Waals surface area contributed by atoms with Gasteiger partial charge in [-0.15, -0.1) is 0 Å². The molecule has 0 saturated heterocycles. The van der Waals surface area contributed by atoms with Crippen LogP contribution in [0.1, 0.15) is 30.8 Å². The molecule has 0 bridgehead atoms. The van der Waals surface area contributed by atoms with Crippen LogP contribution in [0.2, 0.25) is 0 Å². The lowest BCUT2D eigenvalue weighted by Gasteiger charge is -2.24. The van der Waals surface area contributed by atoms with Crippen molar-refractivity contribution in [3.05, 3.63) is 28.1 Å². The van der Waals surface area contributed by atoms with Gasteiger partial charge in [-0.3, -0.25) is 14.9 Å². The van der Waals surface area contributed by atoms with Crippen LogP contribution in [0.5, 0.6) is 0 Å². The molecule has 0 saturated carbocycles. The number of H-pyrrole nitrogens is 1. The van der Waals surface area contributed by atoms with Crippen LogP contribution >= 0.6 is 15.9 Å². The molecule has 0 radical (unpaired) electrons. The van der Waals surface area contributed by atoms with Crippen LogP contribution in [0.3, 0.4) is 0 Å². The number of nitrogens with zero attached hydrogens (tertiary/aromatic N) is 1. The standard InChI is InChI=1S/C10H14BrN3O3/c1-10(2,3-4-11)13-9(15)8-5-7(6-12-8)14(16)17/h5-6,12H,3-4H2,1-2H3,(H,13,15). The molecule has 0 aliphatic carbocycles. The molecule has 0 fully saturated rings. The van der Waals surface area contributed by atoms with Crippen molar-refractivity contribution in [2.75, 3.05) is 5.33 Å². The van der Waals surface area contributed by atoms with Crippen LogP contribution in [-0.4, -0.2) is 26.7 Å². The number of rotatable bonds is 5. The summed E-state index contributed by atoms with van der Waals surface area (Å²) in [6, 6.07) is 1.22. The topological polar surface area (TPSA) is 88.0 Å². The molecule has 1 aromatic heterocycles. The minimum absolute atomic E-state index is 0.117. The van der Waals surface area contributed by atoms with Crippen LogP contribution in [0.25, 0.3) is 0 Å². The monoisotopic (exact) mass is 303 g/mol. The van der Waals surface area contributed by atoms with Crippen LogP contribution < -0.4 is 5.32 Å². The highest BCUT2D eigenvalue weighted by Gasteiger charge is 2.22. The summed E-state index contributed by atoms with van der Waals surface area (Å²) in [7, 11) is 0. The number of amides is 1. The Kier molecular flexibility index (Phi) is 4.28. The number of carbonyl (C=O) groups is 1. The largest absolute Gasteiger partial charge is 0.351 e. The SMILES string of the molecule is CC(C)(CCBr)NC(=O)c1cc([N+](=O)[O-])c[nH]1. The van der Waals surface area contributed by atoms with Crippen LogP contribution in [0, 0.1) is 10.1 Å². The van der Waals surface area contributed by atoms with E-state index in [0.717, 1.165) is 11.8 Å². The number of nitrogens with one attached hydrogen (secondary N) is 2. The molecular weight excluding hydrogens is 290 g/mol. The van der Waals surface area contributed by atoms with Gasteiger partial charge in [0.05, 0.1) is 11.1 Å². The van der Waals surface area contributed by atoms with Gasteiger partial charge in [-0.25, -0.2) is 0 Å². The first-order chi connectivity index (χ1) is 7.85. The minimum Gasteiger partial charge on any atom is -0.351 e. The zero-order chi connectivity index (χ0) is 13.1. The quantitative estimate of drug-likeness (QED) is 0.496. The van der Waals surface area contributed by atoms with Crippen molar-refractivity contribution in [1.82, 2.24) is 10.3 Å². The highest BCUT2D eigenvalue weighted by atomic mass is 79.9. The van der Waals surface area contributed by atoms with Crippen LogP contribution in [0.4, 0.5) is 5.69 Å². The van der Waals surface area contributed by atoms with Gasteiger partial charge >= 0.3 is 0 Å². The summed E-state index contributed by atoms with van der Waals surface area (Å²) in [5.41, 5.74) is -0.284. The van der Waals surface area contributed by atoms with E-state index in [9.17, 15) is 14.9 Å². The Hall–Kier alpha value is -1.37. The van der Waals surface area contributed by atoms with E-state index >= 15 is 0 Å². The normalized spacial score (nSPS) is 11.2. The average Bonchev–Trinajstić information content (AvgIpc) is 2.64. The van der Waals surface area contributed by atoms with Gasteiger partial charge in [0, 0.05) is 16.9 Å². The lowest BCUT2D eigenvalue weighted by molar-refractivity contribution is -0.384. The van der Waals surface area contributed by atoms with Crippen molar-refractivity contribution in [3.8, 4) is 0 Å². The van der Waals surface area contributed by atoms with Crippen LogP contribution in [0.15, 0.2) is 12.3 Å². The first-order valence-corrected chi connectivity index (χ1v) is 6.19. The molecule has 0 aliphatic rings. The second kappa shape index (κ2) is 5.31. The number of alkyl halides is 1. The Morgan fingerprint density at radius 1 is 1.65 bits per heavy atom. The maximum atomic E-state index is 11.8. The Morgan fingerprint density at radius 2 is 2.29 bits per heavy atom. The van der Waals surface area contributed by atoms with Gasteiger partial charge in [0.2, 0.25) is 0 Å². The zero-order valence-corrected chi connectivity index (χ0v) is 11.2. The molecule has 7 heteroatoms. The summed E-state index contributed by atoms with van der Waals surface area (Å²) in [4.78, 5) is 24.3. The van der Waals surface area contributed by atoms with E-state index in [1.807, 2.05) is 13.8 Å². The third-order valence-electron chi connectivity index (χ3n) is 2.29. The molecule has 1 amide bonds. The summed E-state index contributed by atoms with van der Waals surface area (Å²) >= 11 is 3.31. The summed E-state index contributed by atoms with van der Waals surface area (Å²) in [5, 5.41) is 14.0. The fraction of sp³-hybridized carbons (Fsp3) is 0.500. The molecule has 0 aliphatic heterocycles. The predicted molar refractivity (Wildman–Crippen MR) is 67.4 cm³/mol. The Bertz CT molecular complexity index is 428. The number of carbonyl (C=O) groups excluding carboxylic acids is 1. The number of halogens is 1. The van der Waals surface area contributed by atoms with Crippen molar-refractivity contribution in [1.29, 1.82) is 0 Å². The third kappa shape index (κ3) is 3.85. The smallest absolute Gasteiger partial charge is 0.287 e. The first-order valence-electron chi connectivity index (χ1n) is 5.07. The number of hydrogen-bond donors (Lipinski definition) is 2. The van der Waals surface area contributed by atoms with Gasteiger partial charge in [-0.05, 0) is 20.3 Å². The van der Waals surface area contributed by atoms with Crippen molar-refractivity contribution in [3.63, 3.8) is 0 Å². The minimum atomic E-state index is -0.545. The van der Waals surface area contributed by atoms with E-state index in [-0.39, 0.29) is 22.8 Å². The molecule has 6 nitrogen and oxygen atoms in total. The van der Waals surface area contributed by atoms with Gasteiger partial charge in [0.1, 0.15) is 5.69 Å². The van der Waals surface area contributed by atoms with Crippen molar-refractivity contribution in [2.45, 2.75) is 25.8 Å². The lowest BCUT2D eigenvalue weighted by atomic mass is 10.0. The summed E-state index contributed by atoms with van der Waals surface area (Å²) in [6.07, 6.45) is 1.97. The van der Waals surface area contributed by atoms with Gasteiger partial charge in [0.25, 0.3) is 11.6 Å². The summed E-state index contributed by atoms with van der Waals surface area (Å²) in [5.74, 6) is -0.343. The van der Waals surface area contributed by atoms with E-state index in [2.05, 4.69) is 26.2 Å². The van der Waals surface area contributed by atoms with Crippen molar-refractivity contribution in [2.24, 2.45) is 0 Å². The van der Waals surface area contributed by atoms with Gasteiger partial charge in [-0.1, -0.05) is 15.9 Å². The lowest BCUT2D eigenvalue weighted by Crippen LogP contribution is -2.43. The summed E-state index contributed by atoms with van der Waals surface area (Å²) in [6.45, 7) is 3.78. The third-order valence-corrected chi connectivity index (χ3v) is 2.69. The molecule has 94 valence electrons. The van der Waals surface area contributed by atoms with E-state index < -0.39 is 4.92 Å². The molecule has 2 N–H and O–H groups in total. The second-order valence-electron chi connectivity index (χ2n) is 4.31. The maximum absolute atomic E-state index is 11.8. The highest BCUT2D eigenvalue weighted by molar-refractivity contribution is 9.09. The number of aromatic amines is 1. The predicted octanol–water partition coefficient (Wildman–Crippen LogP) is 2.22. The number of hydrogen-bond acceptors (Lipinski definition) is 3. The van der Waals surface area contributed by atoms with E-state index in [0.29, 0.717) is 0 Å². The molecule has 0 spiro atoms. The van der Waals surface area contributed by atoms with E-state index in [1.165, 1.54) is 12.3 Å². The molecule has 0 atom stereocenters. The van der Waals surface area contributed by atoms with Crippen molar-refractivity contribution >= 4 is 27.5 Å². The Labute approximate surface area is 107 Å². The second-order valence-corrected chi connectivity index (χ2v) is 5.10. The average molecular weight is 304 g/mol. The molecule has 1 aromatic rings. The van der Waals surface area contributed by atoms with Gasteiger partial charge < -0.3 is 10.3 Å². The fourth-order valence-electron chi connectivity index (χ4n) is 1.29. The molecular formula is C10H14BrN3O3. The summed E-state index contributed by atoms with van der Waals surface area (Å²) < 4.78 is 0. The van der Waals surface area contributed by atoms with Crippen LogP contribution in [-0.2, 0) is 0 Å². The molecule has 0 aromatic carbocycles. The van der Waals surface area contributed by atoms with E-state index in [4.69, 9.17) is 0 Å². The molecule has 1 rings (SSSR count). The molecule has 1 heterocycles. The Morgan fingerprint density at radius 3 is 2.76 bits per heavy atom. The van der Waals surface area contributed by atoms with Gasteiger partial charge in [-0.2, -0.15) is 0 Å². The van der Waals surface area contributed by atoms with Gasteiger partial charge in [0.15, 0.2) is 0 Å². The molecule has 0 unspecified atom stereocenters. The first kappa shape index (κ1) is 13.7. The Balaban J connectivity index is 2.73. The fourth-order valence-corrected chi connectivity index (χ4v) is 2.28. The van der Waals surface area contributed by atoms with Crippen molar-refractivity contribution < 1.29 is 9.72 Å².